The van der Waals surface area contributed by atoms with E-state index in [0.29, 0.717) is 15.2 Å². The lowest BCUT2D eigenvalue weighted by atomic mass is 10.2. The minimum absolute atomic E-state index is 0.238. The van der Waals surface area contributed by atoms with Crippen LogP contribution >= 0.6 is 50.5 Å². The number of nitrogens with one attached hydrogen (secondary N) is 1. The number of hydrogen-bond donors (Lipinski definition) is 1. The van der Waals surface area contributed by atoms with Gasteiger partial charge < -0.3 is 0 Å². The number of benzene rings is 2. The standard InChI is InChI=1S/C18H11BrCl2N2OS/c19-13-5-1-11(2-6-13)3-8-17(24)23-18-22-16(10-25-18)12-4-7-14(20)15(21)9-12/h1-10H,(H,22,23,24)/b8-3+. The Morgan fingerprint density at radius 3 is 2.60 bits per heavy atom. The summed E-state index contributed by atoms with van der Waals surface area (Å²) in [6.07, 6.45) is 3.22. The van der Waals surface area contributed by atoms with Gasteiger partial charge in [0.15, 0.2) is 5.13 Å². The lowest BCUT2D eigenvalue weighted by Crippen LogP contribution is -2.07. The highest BCUT2D eigenvalue weighted by molar-refractivity contribution is 9.10. The molecular weight excluding hydrogens is 443 g/mol. The molecule has 0 saturated carbocycles. The van der Waals surface area contributed by atoms with E-state index in [4.69, 9.17) is 23.2 Å². The topological polar surface area (TPSA) is 42.0 Å². The van der Waals surface area contributed by atoms with Crippen LogP contribution in [0.4, 0.5) is 5.13 Å². The van der Waals surface area contributed by atoms with E-state index in [1.165, 1.54) is 17.4 Å². The van der Waals surface area contributed by atoms with Gasteiger partial charge in [-0.15, -0.1) is 11.3 Å². The number of hydrogen-bond acceptors (Lipinski definition) is 3. The summed E-state index contributed by atoms with van der Waals surface area (Å²) in [4.78, 5) is 16.4. The fraction of sp³-hybridized carbons (Fsp3) is 0. The van der Waals surface area contributed by atoms with Crippen molar-refractivity contribution in [3.63, 3.8) is 0 Å². The number of rotatable bonds is 4. The van der Waals surface area contributed by atoms with Gasteiger partial charge in [0.2, 0.25) is 5.91 Å². The van der Waals surface area contributed by atoms with Crippen LogP contribution in [0.3, 0.4) is 0 Å². The number of nitrogens with zero attached hydrogens (tertiary/aromatic N) is 1. The molecule has 0 aliphatic heterocycles. The maximum Gasteiger partial charge on any atom is 0.250 e. The summed E-state index contributed by atoms with van der Waals surface area (Å²) in [6.45, 7) is 0. The molecule has 1 amide bonds. The maximum absolute atomic E-state index is 12.0. The molecule has 126 valence electrons. The van der Waals surface area contributed by atoms with Gasteiger partial charge >= 0.3 is 0 Å². The highest BCUT2D eigenvalue weighted by Crippen LogP contribution is 2.30. The molecule has 1 aromatic heterocycles. The van der Waals surface area contributed by atoms with Crippen molar-refractivity contribution in [2.75, 3.05) is 5.32 Å². The number of carbonyl (C=O) groups is 1. The van der Waals surface area contributed by atoms with Crippen LogP contribution in [0, 0.1) is 0 Å². The van der Waals surface area contributed by atoms with Gasteiger partial charge in [-0.3, -0.25) is 10.1 Å². The first-order chi connectivity index (χ1) is 12.0. The molecule has 3 nitrogen and oxygen atoms in total. The van der Waals surface area contributed by atoms with E-state index in [0.717, 1.165) is 21.3 Å². The van der Waals surface area contributed by atoms with Gasteiger partial charge in [0.25, 0.3) is 0 Å². The largest absolute Gasteiger partial charge is 0.298 e. The van der Waals surface area contributed by atoms with Crippen LogP contribution in [0.2, 0.25) is 10.0 Å². The summed E-state index contributed by atoms with van der Waals surface area (Å²) in [6, 6.07) is 13.0. The predicted molar refractivity (Wildman–Crippen MR) is 109 cm³/mol. The van der Waals surface area contributed by atoms with E-state index in [-0.39, 0.29) is 5.91 Å². The minimum atomic E-state index is -0.238. The van der Waals surface area contributed by atoms with Crippen LogP contribution in [-0.2, 0) is 4.79 Å². The Hall–Kier alpha value is -1.66. The third kappa shape index (κ3) is 4.92. The predicted octanol–water partition coefficient (Wildman–Crippen LogP) is 6.53. The molecule has 0 spiro atoms. The van der Waals surface area contributed by atoms with Crippen molar-refractivity contribution in [2.45, 2.75) is 0 Å². The number of anilines is 1. The summed E-state index contributed by atoms with van der Waals surface area (Å²) in [5.74, 6) is -0.238. The van der Waals surface area contributed by atoms with Gasteiger partial charge in [0, 0.05) is 21.5 Å². The highest BCUT2D eigenvalue weighted by atomic mass is 79.9. The van der Waals surface area contributed by atoms with E-state index in [1.54, 1.807) is 18.2 Å². The lowest BCUT2D eigenvalue weighted by Gasteiger charge is -2.00. The van der Waals surface area contributed by atoms with Crippen molar-refractivity contribution in [2.24, 2.45) is 0 Å². The summed E-state index contributed by atoms with van der Waals surface area (Å²) >= 11 is 16.7. The van der Waals surface area contributed by atoms with E-state index in [9.17, 15) is 4.79 Å². The van der Waals surface area contributed by atoms with Crippen molar-refractivity contribution in [1.29, 1.82) is 0 Å². The van der Waals surface area contributed by atoms with Crippen LogP contribution in [0.25, 0.3) is 17.3 Å². The second-order valence-electron chi connectivity index (χ2n) is 5.04. The molecule has 2 aromatic carbocycles. The molecule has 0 aliphatic carbocycles. The van der Waals surface area contributed by atoms with Gasteiger partial charge in [0.05, 0.1) is 15.7 Å². The van der Waals surface area contributed by atoms with Gasteiger partial charge in [-0.25, -0.2) is 4.98 Å². The highest BCUT2D eigenvalue weighted by Gasteiger charge is 2.08. The molecule has 3 aromatic rings. The number of halogens is 3. The zero-order valence-corrected chi connectivity index (χ0v) is 16.6. The summed E-state index contributed by atoms with van der Waals surface area (Å²) in [5, 5.41) is 6.09. The molecule has 0 bridgehead atoms. The monoisotopic (exact) mass is 452 g/mol. The summed E-state index contributed by atoms with van der Waals surface area (Å²) < 4.78 is 0.992. The Morgan fingerprint density at radius 2 is 1.88 bits per heavy atom. The number of amides is 1. The molecule has 0 unspecified atom stereocenters. The average molecular weight is 454 g/mol. The van der Waals surface area contributed by atoms with Crippen molar-refractivity contribution in [3.05, 3.63) is 74.0 Å². The first-order valence-corrected chi connectivity index (χ1v) is 9.60. The third-order valence-corrected chi connectivity index (χ3v) is 5.27. The van der Waals surface area contributed by atoms with Gasteiger partial charge in [-0.05, 0) is 35.9 Å². The van der Waals surface area contributed by atoms with E-state index in [2.05, 4.69) is 26.2 Å². The quantitative estimate of drug-likeness (QED) is 0.456. The van der Waals surface area contributed by atoms with Gasteiger partial charge in [-0.1, -0.05) is 57.3 Å². The summed E-state index contributed by atoms with van der Waals surface area (Å²) in [5.41, 5.74) is 2.52. The van der Waals surface area contributed by atoms with Gasteiger partial charge in [0.1, 0.15) is 0 Å². The van der Waals surface area contributed by atoms with Crippen LogP contribution in [-0.4, -0.2) is 10.9 Å². The molecule has 0 fully saturated rings. The van der Waals surface area contributed by atoms with Crippen LogP contribution < -0.4 is 5.32 Å². The van der Waals surface area contributed by atoms with E-state index < -0.39 is 0 Å². The van der Waals surface area contributed by atoms with Crippen LogP contribution in [0.15, 0.2) is 58.4 Å². The smallest absolute Gasteiger partial charge is 0.250 e. The Morgan fingerprint density at radius 1 is 1.12 bits per heavy atom. The normalized spacial score (nSPS) is 11.0. The fourth-order valence-electron chi connectivity index (χ4n) is 2.01. The molecule has 3 rings (SSSR count). The van der Waals surface area contributed by atoms with Crippen molar-refractivity contribution < 1.29 is 4.79 Å². The SMILES string of the molecule is O=C(/C=C/c1ccc(Br)cc1)Nc1nc(-c2ccc(Cl)c(Cl)c2)cs1. The molecule has 0 atom stereocenters. The second-order valence-corrected chi connectivity index (χ2v) is 7.63. The molecule has 1 heterocycles. The Balaban J connectivity index is 1.67. The number of aromatic nitrogens is 1. The number of thiazole rings is 1. The van der Waals surface area contributed by atoms with Crippen LogP contribution in [0.5, 0.6) is 0 Å². The summed E-state index contributed by atoms with van der Waals surface area (Å²) in [7, 11) is 0. The first kappa shape index (κ1) is 18.1. The molecule has 25 heavy (non-hydrogen) atoms. The zero-order valence-electron chi connectivity index (χ0n) is 12.7. The zero-order chi connectivity index (χ0) is 17.8. The molecule has 0 radical (unpaired) electrons. The Kier molecular flexibility index (Phi) is 5.91. The third-order valence-electron chi connectivity index (χ3n) is 3.25. The molecule has 1 N–H and O–H groups in total. The Bertz CT molecular complexity index is 939. The lowest BCUT2D eigenvalue weighted by molar-refractivity contribution is -0.111. The van der Waals surface area contributed by atoms with Crippen LogP contribution in [0.1, 0.15) is 5.56 Å². The van der Waals surface area contributed by atoms with E-state index in [1.807, 2.05) is 35.7 Å². The first-order valence-electron chi connectivity index (χ1n) is 7.17. The number of carbonyl (C=O) groups excluding carboxylic acids is 1. The average Bonchev–Trinajstić information content (AvgIpc) is 3.05. The minimum Gasteiger partial charge on any atom is -0.298 e. The maximum atomic E-state index is 12.0. The van der Waals surface area contributed by atoms with Gasteiger partial charge in [-0.2, -0.15) is 0 Å². The van der Waals surface area contributed by atoms with E-state index >= 15 is 0 Å². The van der Waals surface area contributed by atoms with Crippen molar-refractivity contribution >= 4 is 67.6 Å². The second kappa shape index (κ2) is 8.15. The molecule has 7 heteroatoms. The molecule has 0 aliphatic rings. The Labute approximate surface area is 167 Å². The van der Waals surface area contributed by atoms with Crippen molar-refractivity contribution in [3.8, 4) is 11.3 Å². The van der Waals surface area contributed by atoms with Crippen molar-refractivity contribution in [1.82, 2.24) is 4.98 Å². The fourth-order valence-corrected chi connectivity index (χ4v) is 3.30. The molecule has 0 saturated heterocycles. The molecular formula is C18H11BrCl2N2OS.